The fraction of sp³-hybridized carbons (Fsp3) is 0.263. The van der Waals surface area contributed by atoms with Crippen LogP contribution >= 0.6 is 0 Å². The number of anilines is 3. The second-order valence-electron chi connectivity index (χ2n) is 7.09. The molecule has 1 saturated carbocycles. The zero-order chi connectivity index (χ0) is 19.3. The molecule has 3 atom stereocenters. The molecule has 0 amide bonds. The van der Waals surface area contributed by atoms with Gasteiger partial charge in [0.25, 0.3) is 0 Å². The highest BCUT2D eigenvalue weighted by molar-refractivity contribution is 5.75. The molecule has 1 aliphatic carbocycles. The quantitative estimate of drug-likeness (QED) is 0.422. The third kappa shape index (κ3) is 2.94. The third-order valence-electron chi connectivity index (χ3n) is 5.13. The molecule has 0 spiro atoms. The fourth-order valence-electron chi connectivity index (χ4n) is 3.37. The predicted octanol–water partition coefficient (Wildman–Crippen LogP) is 3.38. The number of halogens is 1. The van der Waals surface area contributed by atoms with Gasteiger partial charge in [-0.3, -0.25) is 10.1 Å². The van der Waals surface area contributed by atoms with Gasteiger partial charge in [0.2, 0.25) is 5.95 Å². The molecule has 4 heterocycles. The van der Waals surface area contributed by atoms with Crippen molar-refractivity contribution in [1.29, 1.82) is 0 Å². The zero-order valence-electron chi connectivity index (χ0n) is 15.1. The second-order valence-corrected chi connectivity index (χ2v) is 7.09. The van der Waals surface area contributed by atoms with Crippen LogP contribution in [0.1, 0.15) is 42.1 Å². The average molecular weight is 378 g/mol. The lowest BCUT2D eigenvalue weighted by Crippen LogP contribution is -2.08. The number of pyridine rings is 1. The van der Waals surface area contributed by atoms with E-state index in [9.17, 15) is 4.39 Å². The van der Waals surface area contributed by atoms with E-state index < -0.39 is 6.17 Å². The molecule has 1 aliphatic rings. The molecule has 5 N–H and O–H groups in total. The van der Waals surface area contributed by atoms with Gasteiger partial charge in [0.1, 0.15) is 12.0 Å². The molecule has 8 nitrogen and oxygen atoms in total. The average Bonchev–Trinajstić information content (AvgIpc) is 3.09. The Bertz CT molecular complexity index is 1150. The Morgan fingerprint density at radius 1 is 1.29 bits per heavy atom. The lowest BCUT2D eigenvalue weighted by atomic mass is 9.98. The van der Waals surface area contributed by atoms with E-state index in [4.69, 9.17) is 10.7 Å². The summed E-state index contributed by atoms with van der Waals surface area (Å²) in [6.07, 6.45) is 3.32. The summed E-state index contributed by atoms with van der Waals surface area (Å²) in [6.45, 7) is 2.04. The molecular weight excluding hydrogens is 359 g/mol. The first-order valence-corrected chi connectivity index (χ1v) is 9.11. The highest BCUT2D eigenvalue weighted by Crippen LogP contribution is 2.43. The molecule has 142 valence electrons. The first kappa shape index (κ1) is 16.7. The predicted molar refractivity (Wildman–Crippen MR) is 104 cm³/mol. The zero-order valence-corrected chi connectivity index (χ0v) is 15.1. The molecule has 0 unspecified atom stereocenters. The summed E-state index contributed by atoms with van der Waals surface area (Å²) in [5.74, 6) is 1.12. The summed E-state index contributed by atoms with van der Waals surface area (Å²) in [4.78, 5) is 16.4. The third-order valence-corrected chi connectivity index (χ3v) is 5.13. The number of nitrogens with zero attached hydrogens (tertiary/aromatic N) is 4. The van der Waals surface area contributed by atoms with E-state index in [0.29, 0.717) is 18.1 Å². The molecule has 0 aliphatic heterocycles. The number of hydrogen-bond acceptors (Lipinski definition) is 6. The van der Waals surface area contributed by atoms with Crippen LogP contribution in [0.5, 0.6) is 0 Å². The number of alkyl halides is 1. The minimum Gasteiger partial charge on any atom is -0.368 e. The Hall–Kier alpha value is -3.49. The largest absolute Gasteiger partial charge is 0.368 e. The Kier molecular flexibility index (Phi) is 3.75. The molecule has 9 heteroatoms. The topological polar surface area (TPSA) is 121 Å². The number of nitrogens with two attached hydrogens (primary N) is 1. The second kappa shape index (κ2) is 6.29. The first-order chi connectivity index (χ1) is 13.6. The number of aromatic nitrogens is 6. The van der Waals surface area contributed by atoms with E-state index in [0.717, 1.165) is 28.0 Å². The van der Waals surface area contributed by atoms with Crippen LogP contribution in [0, 0.1) is 0 Å². The number of fused-ring (bicyclic) bond motifs is 1. The standard InChI is InChI=1S/C19H19FN8/c1-9(13-2-3-14-15(24-13)4-5-22-14)11-8-23-19(21)26-18(11)25-17-7-16(27-28-17)10-6-12(10)20/h2-5,7-10,12,22H,6H2,1H3,(H4,21,23,25,26,27,28)/t9-,10+,12-/m0/s1. The van der Waals surface area contributed by atoms with Crippen LogP contribution in [-0.4, -0.2) is 36.3 Å². The summed E-state index contributed by atoms with van der Waals surface area (Å²) in [7, 11) is 0. The van der Waals surface area contributed by atoms with Crippen molar-refractivity contribution in [3.8, 4) is 0 Å². The highest BCUT2D eigenvalue weighted by atomic mass is 19.1. The van der Waals surface area contributed by atoms with Crippen LogP contribution in [0.2, 0.25) is 0 Å². The smallest absolute Gasteiger partial charge is 0.221 e. The normalized spacial score (nSPS) is 19.6. The SMILES string of the molecule is C[C@H](c1ccc2[nH]ccc2n1)c1cnc(N)nc1Nc1cc([C@@H]2C[C@@H]2F)[nH]n1. The molecule has 0 radical (unpaired) electrons. The van der Waals surface area contributed by atoms with Crippen LogP contribution < -0.4 is 11.1 Å². The number of nitrogens with one attached hydrogen (secondary N) is 3. The summed E-state index contributed by atoms with van der Waals surface area (Å²) in [6, 6.07) is 7.72. The van der Waals surface area contributed by atoms with Gasteiger partial charge >= 0.3 is 0 Å². The van der Waals surface area contributed by atoms with Gasteiger partial charge in [0.05, 0.1) is 11.0 Å². The number of rotatable bonds is 5. The minimum absolute atomic E-state index is 0.0699. The molecule has 28 heavy (non-hydrogen) atoms. The Labute approximate surface area is 159 Å². The Balaban J connectivity index is 1.46. The van der Waals surface area contributed by atoms with E-state index in [1.807, 2.05) is 31.3 Å². The van der Waals surface area contributed by atoms with Gasteiger partial charge in [-0.15, -0.1) is 0 Å². The maximum Gasteiger partial charge on any atom is 0.221 e. The first-order valence-electron chi connectivity index (χ1n) is 9.11. The van der Waals surface area contributed by atoms with Crippen LogP contribution in [0.25, 0.3) is 11.0 Å². The molecule has 4 aromatic rings. The molecule has 4 aromatic heterocycles. The van der Waals surface area contributed by atoms with Gasteiger partial charge < -0.3 is 16.0 Å². The van der Waals surface area contributed by atoms with Crippen molar-refractivity contribution >= 4 is 28.6 Å². The van der Waals surface area contributed by atoms with Crippen molar-refractivity contribution < 1.29 is 4.39 Å². The molecule has 0 bridgehead atoms. The number of H-pyrrole nitrogens is 2. The van der Waals surface area contributed by atoms with Crippen LogP contribution in [-0.2, 0) is 0 Å². The molecule has 5 rings (SSSR count). The molecule has 1 fully saturated rings. The van der Waals surface area contributed by atoms with Crippen LogP contribution in [0.15, 0.2) is 36.7 Å². The van der Waals surface area contributed by atoms with E-state index in [1.54, 1.807) is 12.3 Å². The van der Waals surface area contributed by atoms with Crippen molar-refractivity contribution in [3.05, 3.63) is 53.6 Å². The van der Waals surface area contributed by atoms with E-state index in [1.165, 1.54) is 0 Å². The molecule has 0 aromatic carbocycles. The Morgan fingerprint density at radius 2 is 2.14 bits per heavy atom. The lowest BCUT2D eigenvalue weighted by molar-refractivity contribution is 0.466. The van der Waals surface area contributed by atoms with Gasteiger partial charge in [-0.2, -0.15) is 10.1 Å². The maximum absolute atomic E-state index is 13.3. The number of aromatic amines is 2. The van der Waals surface area contributed by atoms with E-state index in [2.05, 4.69) is 30.5 Å². The summed E-state index contributed by atoms with van der Waals surface area (Å²) >= 11 is 0. The van der Waals surface area contributed by atoms with Crippen molar-refractivity contribution in [2.45, 2.75) is 31.4 Å². The van der Waals surface area contributed by atoms with Gasteiger partial charge in [-0.1, -0.05) is 6.92 Å². The summed E-state index contributed by atoms with van der Waals surface area (Å²) in [5, 5.41) is 10.3. The van der Waals surface area contributed by atoms with Crippen molar-refractivity contribution in [3.63, 3.8) is 0 Å². The van der Waals surface area contributed by atoms with E-state index >= 15 is 0 Å². The van der Waals surface area contributed by atoms with Crippen molar-refractivity contribution in [2.24, 2.45) is 0 Å². The fourth-order valence-corrected chi connectivity index (χ4v) is 3.37. The van der Waals surface area contributed by atoms with Crippen molar-refractivity contribution in [2.75, 3.05) is 11.1 Å². The maximum atomic E-state index is 13.3. The number of hydrogen-bond donors (Lipinski definition) is 4. The van der Waals surface area contributed by atoms with Gasteiger partial charge in [-0.25, -0.2) is 9.37 Å². The summed E-state index contributed by atoms with van der Waals surface area (Å²) < 4.78 is 13.3. The van der Waals surface area contributed by atoms with E-state index in [-0.39, 0.29) is 17.8 Å². The van der Waals surface area contributed by atoms with Crippen LogP contribution in [0.4, 0.5) is 22.0 Å². The monoisotopic (exact) mass is 378 g/mol. The number of nitrogen functional groups attached to an aromatic ring is 1. The van der Waals surface area contributed by atoms with Gasteiger partial charge in [0.15, 0.2) is 5.82 Å². The van der Waals surface area contributed by atoms with Crippen molar-refractivity contribution in [1.82, 2.24) is 30.1 Å². The summed E-state index contributed by atoms with van der Waals surface area (Å²) in [5.41, 5.74) is 10.2. The van der Waals surface area contributed by atoms with Crippen LogP contribution in [0.3, 0.4) is 0 Å². The lowest BCUT2D eigenvalue weighted by Gasteiger charge is -2.15. The molecular formula is C19H19FN8. The minimum atomic E-state index is -0.784. The van der Waals surface area contributed by atoms with Gasteiger partial charge in [0, 0.05) is 47.2 Å². The highest BCUT2D eigenvalue weighted by Gasteiger charge is 2.40. The molecule has 0 saturated heterocycles. The van der Waals surface area contributed by atoms with Gasteiger partial charge in [-0.05, 0) is 24.6 Å². The Morgan fingerprint density at radius 3 is 2.96 bits per heavy atom.